The first kappa shape index (κ1) is 12.6. The lowest BCUT2D eigenvalue weighted by Crippen LogP contribution is -2.27. The molecule has 0 saturated carbocycles. The van der Waals surface area contributed by atoms with Crippen molar-refractivity contribution < 1.29 is 0 Å². The summed E-state index contributed by atoms with van der Waals surface area (Å²) in [7, 11) is 0. The van der Waals surface area contributed by atoms with Crippen LogP contribution in [-0.4, -0.2) is 6.04 Å². The number of anilines is 1. The maximum absolute atomic E-state index is 5.86. The fraction of sp³-hybridized carbons (Fsp3) is 0.385. The molecule has 0 spiro atoms. The van der Waals surface area contributed by atoms with Gasteiger partial charge in [-0.2, -0.15) is 0 Å². The van der Waals surface area contributed by atoms with Gasteiger partial charge in [0.15, 0.2) is 0 Å². The highest BCUT2D eigenvalue weighted by Gasteiger charge is 2.06. The molecule has 1 atom stereocenters. The lowest BCUT2D eigenvalue weighted by Gasteiger charge is -2.12. The average Bonchev–Trinajstić information content (AvgIpc) is 2.85. The first-order chi connectivity index (χ1) is 8.15. The predicted molar refractivity (Wildman–Crippen MR) is 77.8 cm³/mol. The Balaban J connectivity index is 1.82. The van der Waals surface area contributed by atoms with Gasteiger partial charge >= 0.3 is 0 Å². The molecule has 0 fully saturated rings. The Kier molecular flexibility index (Phi) is 4.20. The summed E-state index contributed by atoms with van der Waals surface area (Å²) < 4.78 is 0. The van der Waals surface area contributed by atoms with Crippen LogP contribution in [0, 0.1) is 6.92 Å². The molecular formula is C13H18N2S2. The lowest BCUT2D eigenvalue weighted by molar-refractivity contribution is 0.552. The lowest BCUT2D eigenvalue weighted by atomic mass is 10.2. The number of nitrogens with two attached hydrogens (primary N) is 1. The van der Waals surface area contributed by atoms with Gasteiger partial charge in [0.05, 0.1) is 0 Å². The third kappa shape index (κ3) is 3.56. The van der Waals surface area contributed by atoms with Gasteiger partial charge in [-0.25, -0.2) is 0 Å². The summed E-state index contributed by atoms with van der Waals surface area (Å²) in [4.78, 5) is 4.07. The highest BCUT2D eigenvalue weighted by molar-refractivity contribution is 7.11. The molecule has 92 valence electrons. The molecule has 2 heterocycles. The highest BCUT2D eigenvalue weighted by Crippen LogP contribution is 2.19. The molecule has 0 saturated heterocycles. The van der Waals surface area contributed by atoms with Gasteiger partial charge in [-0.15, -0.1) is 22.7 Å². The zero-order chi connectivity index (χ0) is 12.3. The van der Waals surface area contributed by atoms with Crippen LogP contribution in [-0.2, 0) is 13.0 Å². The molecule has 0 radical (unpaired) electrons. The van der Waals surface area contributed by atoms with Crippen LogP contribution < -0.4 is 11.1 Å². The molecule has 2 aromatic rings. The van der Waals surface area contributed by atoms with Gasteiger partial charge in [-0.1, -0.05) is 0 Å². The van der Waals surface area contributed by atoms with Crippen LogP contribution in [0.25, 0.3) is 0 Å². The largest absolute Gasteiger partial charge is 0.398 e. The monoisotopic (exact) mass is 266 g/mol. The summed E-state index contributed by atoms with van der Waals surface area (Å²) in [5.41, 5.74) is 6.76. The third-order valence-corrected chi connectivity index (χ3v) is 4.65. The quantitative estimate of drug-likeness (QED) is 0.870. The van der Waals surface area contributed by atoms with Crippen LogP contribution in [0.5, 0.6) is 0 Å². The summed E-state index contributed by atoms with van der Waals surface area (Å²) in [6, 6.07) is 6.85. The van der Waals surface area contributed by atoms with Crippen molar-refractivity contribution in [1.82, 2.24) is 5.32 Å². The Labute approximate surface area is 110 Å². The van der Waals surface area contributed by atoms with Gasteiger partial charge in [0.2, 0.25) is 0 Å². The van der Waals surface area contributed by atoms with Crippen molar-refractivity contribution in [2.24, 2.45) is 0 Å². The minimum absolute atomic E-state index is 0.481. The minimum Gasteiger partial charge on any atom is -0.398 e. The average molecular weight is 266 g/mol. The minimum atomic E-state index is 0.481. The maximum Gasteiger partial charge on any atom is 0.0468 e. The maximum atomic E-state index is 5.86. The first-order valence-electron chi connectivity index (χ1n) is 5.75. The first-order valence-corrected chi connectivity index (χ1v) is 7.45. The number of hydrogen-bond acceptors (Lipinski definition) is 4. The van der Waals surface area contributed by atoms with E-state index >= 15 is 0 Å². The van der Waals surface area contributed by atoms with Crippen LogP contribution in [0.1, 0.15) is 21.6 Å². The second kappa shape index (κ2) is 5.67. The van der Waals surface area contributed by atoms with Gasteiger partial charge in [0, 0.05) is 32.9 Å². The van der Waals surface area contributed by atoms with Crippen molar-refractivity contribution in [3.05, 3.63) is 38.2 Å². The SMILES string of the molecule is Cc1ccc(CC(C)NCc2sccc2N)s1. The molecule has 0 amide bonds. The molecule has 0 aromatic carbocycles. The van der Waals surface area contributed by atoms with Crippen molar-refractivity contribution in [3.8, 4) is 0 Å². The predicted octanol–water partition coefficient (Wildman–Crippen LogP) is 3.42. The molecule has 0 aliphatic carbocycles. The van der Waals surface area contributed by atoms with Crippen LogP contribution >= 0.6 is 22.7 Å². The van der Waals surface area contributed by atoms with E-state index < -0.39 is 0 Å². The molecule has 1 unspecified atom stereocenters. The van der Waals surface area contributed by atoms with E-state index in [4.69, 9.17) is 5.73 Å². The molecule has 17 heavy (non-hydrogen) atoms. The van der Waals surface area contributed by atoms with E-state index in [2.05, 4.69) is 31.3 Å². The number of nitrogens with one attached hydrogen (secondary N) is 1. The number of rotatable bonds is 5. The Hall–Kier alpha value is -0.840. The fourth-order valence-corrected chi connectivity index (χ4v) is 3.50. The van der Waals surface area contributed by atoms with Crippen LogP contribution in [0.15, 0.2) is 23.6 Å². The summed E-state index contributed by atoms with van der Waals surface area (Å²) in [5, 5.41) is 5.56. The topological polar surface area (TPSA) is 38.0 Å². The van der Waals surface area contributed by atoms with Crippen molar-refractivity contribution in [2.45, 2.75) is 32.9 Å². The van der Waals surface area contributed by atoms with E-state index in [-0.39, 0.29) is 0 Å². The highest BCUT2D eigenvalue weighted by atomic mass is 32.1. The van der Waals surface area contributed by atoms with Gasteiger partial charge in [0.1, 0.15) is 0 Å². The fourth-order valence-electron chi connectivity index (χ4n) is 1.73. The standard InChI is InChI=1S/C13H18N2S2/c1-9(7-11-4-3-10(2)17-11)15-8-13-12(14)5-6-16-13/h3-6,9,15H,7-8,14H2,1-2H3. The molecule has 4 heteroatoms. The normalized spacial score (nSPS) is 12.8. The second-order valence-electron chi connectivity index (χ2n) is 4.30. The summed E-state index contributed by atoms with van der Waals surface area (Å²) in [6.07, 6.45) is 1.09. The van der Waals surface area contributed by atoms with E-state index in [1.165, 1.54) is 14.6 Å². The van der Waals surface area contributed by atoms with Crippen LogP contribution in [0.2, 0.25) is 0 Å². The Morgan fingerprint density at radius 2 is 2.18 bits per heavy atom. The summed E-state index contributed by atoms with van der Waals surface area (Å²) in [5.74, 6) is 0. The zero-order valence-electron chi connectivity index (χ0n) is 10.2. The van der Waals surface area contributed by atoms with Gasteiger partial charge in [-0.3, -0.25) is 0 Å². The van der Waals surface area contributed by atoms with Crippen LogP contribution in [0.4, 0.5) is 5.69 Å². The molecule has 2 nitrogen and oxygen atoms in total. The number of hydrogen-bond donors (Lipinski definition) is 2. The van der Waals surface area contributed by atoms with Crippen molar-refractivity contribution >= 4 is 28.4 Å². The van der Waals surface area contributed by atoms with Crippen molar-refractivity contribution in [1.29, 1.82) is 0 Å². The van der Waals surface area contributed by atoms with E-state index in [9.17, 15) is 0 Å². The van der Waals surface area contributed by atoms with E-state index in [0.29, 0.717) is 6.04 Å². The molecule has 2 rings (SSSR count). The third-order valence-electron chi connectivity index (χ3n) is 2.69. The van der Waals surface area contributed by atoms with E-state index in [1.807, 2.05) is 22.8 Å². The smallest absolute Gasteiger partial charge is 0.0468 e. The Morgan fingerprint density at radius 3 is 2.76 bits per heavy atom. The molecular weight excluding hydrogens is 248 g/mol. The molecule has 3 N–H and O–H groups in total. The Bertz CT molecular complexity index is 473. The number of aryl methyl sites for hydroxylation is 1. The van der Waals surface area contributed by atoms with Gasteiger partial charge < -0.3 is 11.1 Å². The molecule has 0 bridgehead atoms. The summed E-state index contributed by atoms with van der Waals surface area (Å²) >= 11 is 3.60. The molecule has 2 aromatic heterocycles. The number of thiophene rings is 2. The van der Waals surface area contributed by atoms with E-state index in [0.717, 1.165) is 18.7 Å². The van der Waals surface area contributed by atoms with Crippen molar-refractivity contribution in [3.63, 3.8) is 0 Å². The Morgan fingerprint density at radius 1 is 1.35 bits per heavy atom. The van der Waals surface area contributed by atoms with Crippen LogP contribution in [0.3, 0.4) is 0 Å². The van der Waals surface area contributed by atoms with Gasteiger partial charge in [0.25, 0.3) is 0 Å². The molecule has 0 aliphatic heterocycles. The zero-order valence-corrected chi connectivity index (χ0v) is 11.8. The molecule has 0 aliphatic rings. The number of nitrogen functional groups attached to an aromatic ring is 1. The second-order valence-corrected chi connectivity index (χ2v) is 6.67. The van der Waals surface area contributed by atoms with E-state index in [1.54, 1.807) is 11.3 Å². The summed E-state index contributed by atoms with van der Waals surface area (Å²) in [6.45, 7) is 5.24. The van der Waals surface area contributed by atoms with Gasteiger partial charge in [-0.05, 0) is 43.8 Å². The van der Waals surface area contributed by atoms with Crippen molar-refractivity contribution in [2.75, 3.05) is 5.73 Å².